The van der Waals surface area contributed by atoms with Crippen LogP contribution in [0.25, 0.3) is 10.2 Å². The Morgan fingerprint density at radius 3 is 2.75 bits per heavy atom. The topological polar surface area (TPSA) is 62.3 Å². The Hall–Kier alpha value is -1.95. The molecule has 24 heavy (non-hydrogen) atoms. The number of aromatic nitrogens is 1. The van der Waals surface area contributed by atoms with Crippen LogP contribution >= 0.6 is 11.3 Å². The molecule has 0 bridgehead atoms. The number of rotatable bonds is 5. The van der Waals surface area contributed by atoms with Gasteiger partial charge in [-0.2, -0.15) is 0 Å². The van der Waals surface area contributed by atoms with Crippen LogP contribution in [0.2, 0.25) is 0 Å². The molecule has 0 aliphatic carbocycles. The summed E-state index contributed by atoms with van der Waals surface area (Å²) in [7, 11) is 1.67. The Kier molecular flexibility index (Phi) is 5.45. The SMILES string of the molecule is CNC(=O)CC1CCN(C(=O)CCc2nc3ccccc3s2)CC1. The van der Waals surface area contributed by atoms with Crippen LogP contribution in [0.15, 0.2) is 24.3 Å². The van der Waals surface area contributed by atoms with Gasteiger partial charge in [0.1, 0.15) is 0 Å². The molecule has 2 heterocycles. The van der Waals surface area contributed by atoms with E-state index in [2.05, 4.69) is 16.4 Å². The summed E-state index contributed by atoms with van der Waals surface area (Å²) in [4.78, 5) is 30.4. The summed E-state index contributed by atoms with van der Waals surface area (Å²) in [6, 6.07) is 8.07. The highest BCUT2D eigenvalue weighted by molar-refractivity contribution is 7.18. The van der Waals surface area contributed by atoms with Crippen molar-refractivity contribution in [3.8, 4) is 0 Å². The third-order valence-electron chi connectivity index (χ3n) is 4.61. The second kappa shape index (κ2) is 7.75. The van der Waals surface area contributed by atoms with Crippen molar-refractivity contribution in [3.05, 3.63) is 29.3 Å². The van der Waals surface area contributed by atoms with Crippen molar-refractivity contribution in [2.24, 2.45) is 5.92 Å². The van der Waals surface area contributed by atoms with E-state index in [0.717, 1.165) is 36.5 Å². The molecule has 0 saturated carbocycles. The van der Waals surface area contributed by atoms with Crippen LogP contribution in [0, 0.1) is 5.92 Å². The molecule has 0 spiro atoms. The molecular weight excluding hydrogens is 322 g/mol. The smallest absolute Gasteiger partial charge is 0.222 e. The van der Waals surface area contributed by atoms with Crippen molar-refractivity contribution in [1.29, 1.82) is 0 Å². The Labute approximate surface area is 146 Å². The lowest BCUT2D eigenvalue weighted by molar-refractivity contribution is -0.132. The van der Waals surface area contributed by atoms with Gasteiger partial charge in [0.15, 0.2) is 0 Å². The number of para-hydroxylation sites is 1. The molecule has 2 aromatic rings. The largest absolute Gasteiger partial charge is 0.359 e. The zero-order valence-corrected chi connectivity index (χ0v) is 14.8. The van der Waals surface area contributed by atoms with Gasteiger partial charge in [0, 0.05) is 39.4 Å². The highest BCUT2D eigenvalue weighted by Gasteiger charge is 2.24. The highest BCUT2D eigenvalue weighted by atomic mass is 32.1. The Balaban J connectivity index is 1.46. The molecule has 1 aromatic heterocycles. The molecule has 5 nitrogen and oxygen atoms in total. The molecule has 3 rings (SSSR count). The van der Waals surface area contributed by atoms with E-state index in [1.165, 1.54) is 4.70 Å². The summed E-state index contributed by atoms with van der Waals surface area (Å²) >= 11 is 1.67. The summed E-state index contributed by atoms with van der Waals surface area (Å²) < 4.78 is 1.18. The third-order valence-corrected chi connectivity index (χ3v) is 5.71. The number of hydrogen-bond donors (Lipinski definition) is 1. The quantitative estimate of drug-likeness (QED) is 0.906. The highest BCUT2D eigenvalue weighted by Crippen LogP contribution is 2.24. The van der Waals surface area contributed by atoms with E-state index >= 15 is 0 Å². The number of nitrogens with zero attached hydrogens (tertiary/aromatic N) is 2. The van der Waals surface area contributed by atoms with Crippen LogP contribution in [-0.2, 0) is 16.0 Å². The summed E-state index contributed by atoms with van der Waals surface area (Å²) in [6.45, 7) is 1.53. The van der Waals surface area contributed by atoms with E-state index in [4.69, 9.17) is 0 Å². The van der Waals surface area contributed by atoms with Gasteiger partial charge in [-0.15, -0.1) is 11.3 Å². The number of carbonyl (C=O) groups excluding carboxylic acids is 2. The van der Waals surface area contributed by atoms with Gasteiger partial charge in [-0.1, -0.05) is 12.1 Å². The van der Waals surface area contributed by atoms with Crippen LogP contribution < -0.4 is 5.32 Å². The lowest BCUT2D eigenvalue weighted by atomic mass is 9.93. The van der Waals surface area contributed by atoms with Gasteiger partial charge in [0.2, 0.25) is 11.8 Å². The first-order valence-electron chi connectivity index (χ1n) is 8.48. The Morgan fingerprint density at radius 2 is 2.04 bits per heavy atom. The number of thiazole rings is 1. The molecule has 0 radical (unpaired) electrons. The monoisotopic (exact) mass is 345 g/mol. The average Bonchev–Trinajstić information content (AvgIpc) is 3.03. The minimum Gasteiger partial charge on any atom is -0.359 e. The summed E-state index contributed by atoms with van der Waals surface area (Å²) in [6.07, 6.45) is 3.63. The first-order valence-corrected chi connectivity index (χ1v) is 9.30. The number of amides is 2. The maximum atomic E-state index is 12.4. The molecule has 1 fully saturated rings. The van der Waals surface area contributed by atoms with Crippen molar-refractivity contribution in [3.63, 3.8) is 0 Å². The van der Waals surface area contributed by atoms with Crippen molar-refractivity contribution >= 4 is 33.4 Å². The third kappa shape index (κ3) is 4.12. The Bertz CT molecular complexity index is 687. The second-order valence-corrected chi connectivity index (χ2v) is 7.39. The molecule has 6 heteroatoms. The molecule has 1 N–H and O–H groups in total. The normalized spacial score (nSPS) is 15.6. The van der Waals surface area contributed by atoms with Crippen LogP contribution in [0.4, 0.5) is 0 Å². The van der Waals surface area contributed by atoms with Gasteiger partial charge in [-0.25, -0.2) is 4.98 Å². The van der Waals surface area contributed by atoms with E-state index in [1.54, 1.807) is 18.4 Å². The average molecular weight is 345 g/mol. The van der Waals surface area contributed by atoms with Gasteiger partial charge in [0.25, 0.3) is 0 Å². The fraction of sp³-hybridized carbons (Fsp3) is 0.500. The van der Waals surface area contributed by atoms with E-state index < -0.39 is 0 Å². The molecule has 0 unspecified atom stereocenters. The second-order valence-electron chi connectivity index (χ2n) is 6.28. The van der Waals surface area contributed by atoms with E-state index in [0.29, 0.717) is 25.2 Å². The zero-order chi connectivity index (χ0) is 16.9. The number of hydrogen-bond acceptors (Lipinski definition) is 4. The predicted molar refractivity (Wildman–Crippen MR) is 95.9 cm³/mol. The number of likely N-dealkylation sites (tertiary alicyclic amines) is 1. The minimum atomic E-state index is 0.0932. The zero-order valence-electron chi connectivity index (χ0n) is 14.0. The first-order chi connectivity index (χ1) is 11.7. The summed E-state index contributed by atoms with van der Waals surface area (Å²) in [5.74, 6) is 0.696. The van der Waals surface area contributed by atoms with Gasteiger partial charge in [-0.05, 0) is 30.9 Å². The molecule has 1 aliphatic heterocycles. The van der Waals surface area contributed by atoms with Gasteiger partial charge in [-0.3, -0.25) is 9.59 Å². The standard InChI is InChI=1S/C18H23N3O2S/c1-19-16(22)12-13-8-10-21(11-9-13)18(23)7-6-17-20-14-4-2-3-5-15(14)24-17/h2-5,13H,6-12H2,1H3,(H,19,22). The van der Waals surface area contributed by atoms with Gasteiger partial charge >= 0.3 is 0 Å². The lowest BCUT2D eigenvalue weighted by Crippen LogP contribution is -2.39. The van der Waals surface area contributed by atoms with Crippen LogP contribution in [0.1, 0.15) is 30.7 Å². The fourth-order valence-electron chi connectivity index (χ4n) is 3.15. The number of fused-ring (bicyclic) bond motifs is 1. The lowest BCUT2D eigenvalue weighted by Gasteiger charge is -2.31. The molecule has 0 atom stereocenters. The van der Waals surface area contributed by atoms with E-state index in [-0.39, 0.29) is 11.8 Å². The summed E-state index contributed by atoms with van der Waals surface area (Å²) in [5, 5.41) is 3.70. The van der Waals surface area contributed by atoms with Crippen molar-refractivity contribution in [2.75, 3.05) is 20.1 Å². The van der Waals surface area contributed by atoms with Crippen LogP contribution in [-0.4, -0.2) is 41.8 Å². The van der Waals surface area contributed by atoms with Crippen LogP contribution in [0.3, 0.4) is 0 Å². The molecular formula is C18H23N3O2S. The predicted octanol–water partition coefficient (Wildman–Crippen LogP) is 2.60. The molecule has 128 valence electrons. The number of carbonyl (C=O) groups is 2. The fourth-order valence-corrected chi connectivity index (χ4v) is 4.12. The van der Waals surface area contributed by atoms with Crippen LogP contribution in [0.5, 0.6) is 0 Å². The van der Waals surface area contributed by atoms with Crippen molar-refractivity contribution in [1.82, 2.24) is 15.2 Å². The minimum absolute atomic E-state index is 0.0932. The molecule has 1 saturated heterocycles. The molecule has 2 amide bonds. The van der Waals surface area contributed by atoms with Crippen molar-refractivity contribution in [2.45, 2.75) is 32.1 Å². The number of benzene rings is 1. The molecule has 1 aromatic carbocycles. The maximum absolute atomic E-state index is 12.4. The maximum Gasteiger partial charge on any atom is 0.222 e. The first kappa shape index (κ1) is 16.9. The number of piperidine rings is 1. The Morgan fingerprint density at radius 1 is 1.29 bits per heavy atom. The van der Waals surface area contributed by atoms with Crippen molar-refractivity contribution < 1.29 is 9.59 Å². The van der Waals surface area contributed by atoms with Gasteiger partial charge < -0.3 is 10.2 Å². The van der Waals surface area contributed by atoms with Gasteiger partial charge in [0.05, 0.1) is 15.2 Å². The number of nitrogens with one attached hydrogen (secondary N) is 1. The van der Waals surface area contributed by atoms with E-state index in [1.807, 2.05) is 23.1 Å². The number of aryl methyl sites for hydroxylation is 1. The van der Waals surface area contributed by atoms with E-state index in [9.17, 15) is 9.59 Å². The molecule has 1 aliphatic rings. The summed E-state index contributed by atoms with van der Waals surface area (Å²) in [5.41, 5.74) is 1.01.